The molecule has 2 N–H and O–H groups in total. The van der Waals surface area contributed by atoms with Gasteiger partial charge in [0.25, 0.3) is 0 Å². The molecule has 0 unspecified atom stereocenters. The van der Waals surface area contributed by atoms with Crippen LogP contribution in [0.5, 0.6) is 5.75 Å². The zero-order chi connectivity index (χ0) is 15.6. The third-order valence-corrected chi connectivity index (χ3v) is 6.08. The van der Waals surface area contributed by atoms with Gasteiger partial charge in [-0.15, -0.1) is 0 Å². The van der Waals surface area contributed by atoms with Crippen molar-refractivity contribution in [1.29, 1.82) is 0 Å². The summed E-state index contributed by atoms with van der Waals surface area (Å²) in [4.78, 5) is 0.193. The highest BCUT2D eigenvalue weighted by atomic mass is 35.5. The Morgan fingerprint density at radius 1 is 1.48 bits per heavy atom. The predicted octanol–water partition coefficient (Wildman–Crippen LogP) is 2.10. The highest BCUT2D eigenvalue weighted by Crippen LogP contribution is 2.30. The molecule has 1 aliphatic rings. The Morgan fingerprint density at radius 2 is 2.19 bits per heavy atom. The van der Waals surface area contributed by atoms with E-state index in [9.17, 15) is 8.42 Å². The molecule has 5 nitrogen and oxygen atoms in total. The fourth-order valence-corrected chi connectivity index (χ4v) is 4.46. The molecule has 2 rings (SSSR count). The van der Waals surface area contributed by atoms with Gasteiger partial charge in [-0.3, -0.25) is 0 Å². The van der Waals surface area contributed by atoms with Crippen LogP contribution in [0.1, 0.15) is 19.8 Å². The van der Waals surface area contributed by atoms with Gasteiger partial charge in [-0.25, -0.2) is 8.42 Å². The minimum atomic E-state index is -3.54. The average molecular weight is 333 g/mol. The molecule has 1 aromatic rings. The average Bonchev–Trinajstić information content (AvgIpc) is 2.47. The molecule has 0 aromatic heterocycles. The van der Waals surface area contributed by atoms with Crippen LogP contribution in [0.3, 0.4) is 0 Å². The standard InChI is InChI=1S/C14H21ClN2O3S/c1-10(16)11-4-3-7-17(9-11)21(18,19)12-5-6-14(20-2)13(15)8-12/h5-6,8,10-11H,3-4,7,9,16H2,1-2H3/t10-,11-/m0/s1. The summed E-state index contributed by atoms with van der Waals surface area (Å²) in [6, 6.07) is 4.52. The molecule has 7 heteroatoms. The Bertz CT molecular complexity index is 604. The molecule has 1 fully saturated rings. The van der Waals surface area contributed by atoms with Crippen molar-refractivity contribution in [3.05, 3.63) is 23.2 Å². The van der Waals surface area contributed by atoms with Crippen LogP contribution in [0.15, 0.2) is 23.1 Å². The lowest BCUT2D eigenvalue weighted by atomic mass is 9.93. The van der Waals surface area contributed by atoms with E-state index in [0.717, 1.165) is 12.8 Å². The van der Waals surface area contributed by atoms with Crippen molar-refractivity contribution in [3.63, 3.8) is 0 Å². The van der Waals surface area contributed by atoms with E-state index in [0.29, 0.717) is 23.9 Å². The second kappa shape index (κ2) is 6.52. The van der Waals surface area contributed by atoms with Gasteiger partial charge in [-0.1, -0.05) is 11.6 Å². The number of nitrogens with two attached hydrogens (primary N) is 1. The molecule has 0 radical (unpaired) electrons. The van der Waals surface area contributed by atoms with Gasteiger partial charge in [0.2, 0.25) is 10.0 Å². The van der Waals surface area contributed by atoms with Crippen LogP contribution in [-0.2, 0) is 10.0 Å². The summed E-state index contributed by atoms with van der Waals surface area (Å²) in [7, 11) is -2.04. The maximum absolute atomic E-state index is 12.7. The highest BCUT2D eigenvalue weighted by Gasteiger charge is 2.31. The molecule has 2 atom stereocenters. The van der Waals surface area contributed by atoms with E-state index in [1.165, 1.54) is 23.5 Å². The maximum Gasteiger partial charge on any atom is 0.243 e. The summed E-state index contributed by atoms with van der Waals surface area (Å²) in [5, 5.41) is 0.291. The molecular weight excluding hydrogens is 312 g/mol. The maximum atomic E-state index is 12.7. The molecule has 0 aliphatic carbocycles. The van der Waals surface area contributed by atoms with Crippen LogP contribution >= 0.6 is 11.6 Å². The number of methoxy groups -OCH3 is 1. The van der Waals surface area contributed by atoms with Crippen LogP contribution in [0.4, 0.5) is 0 Å². The van der Waals surface area contributed by atoms with E-state index in [1.807, 2.05) is 6.92 Å². The Kier molecular flexibility index (Phi) is 5.14. The third kappa shape index (κ3) is 3.51. The lowest BCUT2D eigenvalue weighted by Crippen LogP contribution is -2.44. The zero-order valence-electron chi connectivity index (χ0n) is 12.3. The Hall–Kier alpha value is -0.820. The van der Waals surface area contributed by atoms with Gasteiger partial charge in [0, 0.05) is 19.1 Å². The molecule has 0 spiro atoms. The van der Waals surface area contributed by atoms with E-state index in [2.05, 4.69) is 0 Å². The smallest absolute Gasteiger partial charge is 0.243 e. The first-order valence-electron chi connectivity index (χ1n) is 6.95. The second-order valence-corrected chi connectivity index (χ2v) is 7.77. The van der Waals surface area contributed by atoms with E-state index in [-0.39, 0.29) is 16.9 Å². The van der Waals surface area contributed by atoms with Crippen molar-refractivity contribution in [2.45, 2.75) is 30.7 Å². The lowest BCUT2D eigenvalue weighted by molar-refractivity contribution is 0.243. The van der Waals surface area contributed by atoms with Crippen molar-refractivity contribution in [2.75, 3.05) is 20.2 Å². The molecule has 118 valence electrons. The first-order valence-corrected chi connectivity index (χ1v) is 8.77. The SMILES string of the molecule is COc1ccc(S(=O)(=O)N2CCC[C@H]([C@H](C)N)C2)cc1Cl. The number of benzene rings is 1. The summed E-state index contributed by atoms with van der Waals surface area (Å²) < 4.78 is 31.9. The summed E-state index contributed by atoms with van der Waals surface area (Å²) >= 11 is 6.03. The molecule has 0 saturated carbocycles. The first-order chi connectivity index (χ1) is 9.86. The third-order valence-electron chi connectivity index (χ3n) is 3.93. The molecule has 1 saturated heterocycles. The normalized spacial score (nSPS) is 22.0. The predicted molar refractivity (Wildman–Crippen MR) is 83.1 cm³/mol. The van der Waals surface area contributed by atoms with Crippen LogP contribution in [-0.4, -0.2) is 39.0 Å². The quantitative estimate of drug-likeness (QED) is 0.916. The number of hydrogen-bond acceptors (Lipinski definition) is 4. The largest absolute Gasteiger partial charge is 0.495 e. The monoisotopic (exact) mass is 332 g/mol. The van der Waals surface area contributed by atoms with Crippen LogP contribution in [0.25, 0.3) is 0 Å². The minimum absolute atomic E-state index is 0.0116. The summed E-state index contributed by atoms with van der Waals surface area (Å²) in [5.74, 6) is 0.657. The molecule has 1 heterocycles. The highest BCUT2D eigenvalue weighted by molar-refractivity contribution is 7.89. The molecule has 21 heavy (non-hydrogen) atoms. The van der Waals surface area contributed by atoms with Crippen LogP contribution < -0.4 is 10.5 Å². The fourth-order valence-electron chi connectivity index (χ4n) is 2.58. The lowest BCUT2D eigenvalue weighted by Gasteiger charge is -2.33. The number of hydrogen-bond donors (Lipinski definition) is 1. The number of nitrogens with zero attached hydrogens (tertiary/aromatic N) is 1. The first kappa shape index (κ1) is 16.5. The molecule has 0 amide bonds. The number of sulfonamides is 1. The van der Waals surface area contributed by atoms with Gasteiger partial charge in [-0.05, 0) is 43.9 Å². The van der Waals surface area contributed by atoms with Crippen molar-refractivity contribution < 1.29 is 13.2 Å². The van der Waals surface area contributed by atoms with Crippen molar-refractivity contribution >= 4 is 21.6 Å². The van der Waals surface area contributed by atoms with E-state index in [1.54, 1.807) is 6.07 Å². The van der Waals surface area contributed by atoms with Gasteiger partial charge in [0.15, 0.2) is 0 Å². The minimum Gasteiger partial charge on any atom is -0.495 e. The van der Waals surface area contributed by atoms with E-state index in [4.69, 9.17) is 22.1 Å². The molecule has 0 bridgehead atoms. The van der Waals surface area contributed by atoms with Gasteiger partial charge < -0.3 is 10.5 Å². The number of halogens is 1. The van der Waals surface area contributed by atoms with Gasteiger partial charge in [0.05, 0.1) is 17.0 Å². The Labute approximate surface area is 131 Å². The van der Waals surface area contributed by atoms with Crippen LogP contribution in [0, 0.1) is 5.92 Å². The Balaban J connectivity index is 2.27. The number of rotatable bonds is 4. The van der Waals surface area contributed by atoms with Gasteiger partial charge in [0.1, 0.15) is 5.75 Å². The van der Waals surface area contributed by atoms with Crippen molar-refractivity contribution in [2.24, 2.45) is 11.7 Å². The van der Waals surface area contributed by atoms with Gasteiger partial charge >= 0.3 is 0 Å². The number of ether oxygens (including phenoxy) is 1. The zero-order valence-corrected chi connectivity index (χ0v) is 13.8. The van der Waals surface area contributed by atoms with Crippen molar-refractivity contribution in [3.8, 4) is 5.75 Å². The summed E-state index contributed by atoms with van der Waals surface area (Å²) in [5.41, 5.74) is 5.91. The topological polar surface area (TPSA) is 72.6 Å². The second-order valence-electron chi connectivity index (χ2n) is 5.42. The summed E-state index contributed by atoms with van der Waals surface area (Å²) in [6.07, 6.45) is 1.79. The van der Waals surface area contributed by atoms with Gasteiger partial charge in [-0.2, -0.15) is 4.31 Å². The molecular formula is C14H21ClN2O3S. The fraction of sp³-hybridized carbons (Fsp3) is 0.571. The van der Waals surface area contributed by atoms with E-state index >= 15 is 0 Å². The molecule has 1 aromatic carbocycles. The summed E-state index contributed by atoms with van der Waals surface area (Å²) in [6.45, 7) is 2.91. The van der Waals surface area contributed by atoms with Crippen LogP contribution in [0.2, 0.25) is 5.02 Å². The van der Waals surface area contributed by atoms with E-state index < -0.39 is 10.0 Å². The number of piperidine rings is 1. The van der Waals surface area contributed by atoms with Crippen molar-refractivity contribution in [1.82, 2.24) is 4.31 Å². The Morgan fingerprint density at radius 3 is 2.76 bits per heavy atom. The molecule has 1 aliphatic heterocycles.